The summed E-state index contributed by atoms with van der Waals surface area (Å²) in [4.78, 5) is 11.9. The molecular weight excluding hydrogens is 356 g/mol. The summed E-state index contributed by atoms with van der Waals surface area (Å²) >= 11 is 0. The van der Waals surface area contributed by atoms with E-state index in [4.69, 9.17) is 9.15 Å². The Bertz CT molecular complexity index is 914. The average molecular weight is 389 g/mol. The molecule has 28 heavy (non-hydrogen) atoms. The number of rotatable bonds is 1. The van der Waals surface area contributed by atoms with Gasteiger partial charge in [-0.1, -0.05) is 34.3 Å². The average Bonchev–Trinajstić information content (AvgIpc) is 2.95. The van der Waals surface area contributed by atoms with Gasteiger partial charge in [0.15, 0.2) is 0 Å². The first kappa shape index (κ1) is 19.7. The lowest BCUT2D eigenvalue weighted by Gasteiger charge is -2.67. The van der Waals surface area contributed by atoms with Crippen molar-refractivity contribution < 1.29 is 24.2 Å². The zero-order valence-corrected chi connectivity index (χ0v) is 17.5. The second-order valence-corrected chi connectivity index (χ2v) is 10.0. The van der Waals surface area contributed by atoms with Crippen molar-refractivity contribution in [3.05, 3.63) is 22.5 Å². The summed E-state index contributed by atoms with van der Waals surface area (Å²) in [6, 6.07) is 1.94. The zero-order chi connectivity index (χ0) is 20.6. The molecule has 5 heteroatoms. The molecule has 3 aliphatic carbocycles. The van der Waals surface area contributed by atoms with E-state index in [9.17, 15) is 15.0 Å². The van der Waals surface area contributed by atoms with E-state index in [0.29, 0.717) is 11.8 Å². The molecule has 4 rings (SSSR count). The summed E-state index contributed by atoms with van der Waals surface area (Å²) in [5.41, 5.74) is 0.0984. The maximum absolute atomic E-state index is 12.1. The molecule has 1 heterocycles. The van der Waals surface area contributed by atoms with Gasteiger partial charge in [0.1, 0.15) is 16.9 Å². The number of furan rings is 1. The van der Waals surface area contributed by atoms with Crippen LogP contribution in [0.4, 0.5) is 0 Å². The highest BCUT2D eigenvalue weighted by Gasteiger charge is 2.70. The van der Waals surface area contributed by atoms with Gasteiger partial charge in [-0.15, -0.1) is 0 Å². The largest absolute Gasteiger partial charge is 0.462 e. The van der Waals surface area contributed by atoms with Crippen molar-refractivity contribution in [2.45, 2.75) is 77.6 Å². The topological polar surface area (TPSA) is 79.9 Å². The third-order valence-electron chi connectivity index (χ3n) is 8.32. The number of hydrogen-bond acceptors (Lipinski definition) is 5. The predicted molar refractivity (Wildman–Crippen MR) is 106 cm³/mol. The molecule has 0 aliphatic heterocycles. The van der Waals surface area contributed by atoms with Crippen molar-refractivity contribution >= 4 is 18.6 Å². The Morgan fingerprint density at radius 2 is 2.04 bits per heavy atom. The van der Waals surface area contributed by atoms with Gasteiger partial charge in [-0.05, 0) is 48.2 Å². The molecule has 2 fully saturated rings. The summed E-state index contributed by atoms with van der Waals surface area (Å²) in [5, 5.41) is 23.3. The first-order valence-corrected chi connectivity index (χ1v) is 10.3. The molecule has 5 nitrogen and oxygen atoms in total. The van der Waals surface area contributed by atoms with E-state index in [-0.39, 0.29) is 30.1 Å². The van der Waals surface area contributed by atoms with Gasteiger partial charge in [0.2, 0.25) is 0 Å². The molecule has 0 unspecified atom stereocenters. The van der Waals surface area contributed by atoms with Gasteiger partial charge in [0.05, 0.1) is 11.7 Å². The number of carbonyl (C=O) groups is 1. The summed E-state index contributed by atoms with van der Waals surface area (Å²) in [6.07, 6.45) is 2.67. The third-order valence-corrected chi connectivity index (χ3v) is 8.32. The Morgan fingerprint density at radius 1 is 1.36 bits per heavy atom. The molecule has 154 valence electrons. The molecular formula is C23H32O5. The van der Waals surface area contributed by atoms with Crippen LogP contribution in [0.2, 0.25) is 0 Å². The van der Waals surface area contributed by atoms with Crippen LogP contribution in [0.5, 0.6) is 0 Å². The van der Waals surface area contributed by atoms with Crippen LogP contribution in [-0.2, 0) is 9.53 Å². The Kier molecular flexibility index (Phi) is 4.20. The Balaban J connectivity index is 1.96. The molecule has 3 aliphatic rings. The van der Waals surface area contributed by atoms with Crippen molar-refractivity contribution in [1.82, 2.24) is 0 Å². The van der Waals surface area contributed by atoms with Gasteiger partial charge in [-0.25, -0.2) is 0 Å². The standard InChI is InChI=1S/C23H32O5/c1-12-9-15-13(2)20-16(10-18(15)27-12)22(6)19(28-14(3)24)7-8-21(4,5)23(22,26)11-17(20)25/h9-10,13,16-17,19-20,25-26H,1,7-8,11H2,2-6H3/t13-,16-,17-,19-,20-,22-,23+/m0/s1. The number of fused-ring (bicyclic) bond motifs is 4. The summed E-state index contributed by atoms with van der Waals surface area (Å²) in [5.74, 6) is -0.540. The second-order valence-electron chi connectivity index (χ2n) is 10.0. The van der Waals surface area contributed by atoms with E-state index in [0.717, 1.165) is 17.4 Å². The summed E-state index contributed by atoms with van der Waals surface area (Å²) < 4.78 is 11.6. The van der Waals surface area contributed by atoms with Crippen molar-refractivity contribution in [3.8, 4) is 0 Å². The molecule has 2 saturated carbocycles. The fourth-order valence-corrected chi connectivity index (χ4v) is 6.70. The highest BCUT2D eigenvalue weighted by Crippen LogP contribution is 2.66. The van der Waals surface area contributed by atoms with E-state index >= 15 is 0 Å². The molecule has 1 aromatic heterocycles. The van der Waals surface area contributed by atoms with Gasteiger partial charge in [0, 0.05) is 24.3 Å². The minimum absolute atomic E-state index is 0.0589. The van der Waals surface area contributed by atoms with E-state index in [1.807, 2.05) is 19.1 Å². The quantitative estimate of drug-likeness (QED) is 0.720. The molecule has 0 radical (unpaired) electrons. The van der Waals surface area contributed by atoms with Crippen LogP contribution in [0.3, 0.4) is 0 Å². The lowest BCUT2D eigenvalue weighted by molar-refractivity contribution is -0.285. The maximum Gasteiger partial charge on any atom is 0.302 e. The van der Waals surface area contributed by atoms with Gasteiger partial charge < -0.3 is 19.4 Å². The van der Waals surface area contributed by atoms with E-state index in [2.05, 4.69) is 27.4 Å². The van der Waals surface area contributed by atoms with Gasteiger partial charge in [-0.3, -0.25) is 4.79 Å². The minimum atomic E-state index is -1.17. The van der Waals surface area contributed by atoms with Crippen molar-refractivity contribution in [3.63, 3.8) is 0 Å². The molecule has 0 amide bonds. The van der Waals surface area contributed by atoms with Gasteiger partial charge in [0.25, 0.3) is 0 Å². The zero-order valence-electron chi connectivity index (χ0n) is 17.5. The highest BCUT2D eigenvalue weighted by molar-refractivity contribution is 5.66. The number of aliphatic hydroxyl groups is 2. The number of carbonyl (C=O) groups excluding carboxylic acids is 1. The lowest BCUT2D eigenvalue weighted by Crippen LogP contribution is -2.73. The van der Waals surface area contributed by atoms with Gasteiger partial charge in [-0.2, -0.15) is 0 Å². The number of esters is 1. The van der Waals surface area contributed by atoms with E-state index in [1.165, 1.54) is 6.92 Å². The Labute approximate surface area is 166 Å². The van der Waals surface area contributed by atoms with Gasteiger partial charge >= 0.3 is 5.97 Å². The SMILES string of the molecule is C=c1cc2c(o1)=C[C@H]1[C@@H]([C@@H](O)C[C@@]3(O)C(C)(C)CC[C@H](OC(C)=O)[C@]13C)[C@H]2C. The first-order chi connectivity index (χ1) is 12.9. The van der Waals surface area contributed by atoms with Crippen molar-refractivity contribution in [1.29, 1.82) is 0 Å². The molecule has 0 aromatic carbocycles. The molecule has 0 saturated heterocycles. The highest BCUT2D eigenvalue weighted by atomic mass is 16.5. The van der Waals surface area contributed by atoms with Crippen molar-refractivity contribution in [2.75, 3.05) is 0 Å². The normalized spacial score (nSPS) is 43.9. The molecule has 0 spiro atoms. The molecule has 7 atom stereocenters. The molecule has 1 aromatic rings. The fraction of sp³-hybridized carbons (Fsp3) is 0.696. The summed E-state index contributed by atoms with van der Waals surface area (Å²) in [6.45, 7) is 13.6. The van der Waals surface area contributed by atoms with Crippen LogP contribution >= 0.6 is 0 Å². The van der Waals surface area contributed by atoms with Crippen LogP contribution in [0.25, 0.3) is 12.7 Å². The predicted octanol–water partition coefficient (Wildman–Crippen LogP) is 2.07. The Hall–Kier alpha value is -1.59. The number of hydrogen-bond donors (Lipinski definition) is 2. The molecule has 2 N–H and O–H groups in total. The fourth-order valence-electron chi connectivity index (χ4n) is 6.70. The number of aliphatic hydroxyl groups excluding tert-OH is 1. The van der Waals surface area contributed by atoms with Crippen molar-refractivity contribution in [2.24, 2.45) is 22.7 Å². The summed E-state index contributed by atoms with van der Waals surface area (Å²) in [7, 11) is 0. The lowest BCUT2D eigenvalue weighted by atomic mass is 9.41. The van der Waals surface area contributed by atoms with Crippen LogP contribution in [-0.4, -0.2) is 34.0 Å². The number of ether oxygens (including phenoxy) is 1. The third kappa shape index (κ3) is 2.35. The van der Waals surface area contributed by atoms with E-state index in [1.54, 1.807) is 0 Å². The van der Waals surface area contributed by atoms with Crippen LogP contribution in [0, 0.1) is 22.7 Å². The van der Waals surface area contributed by atoms with E-state index < -0.39 is 28.6 Å². The first-order valence-electron chi connectivity index (χ1n) is 10.3. The maximum atomic E-state index is 12.1. The van der Waals surface area contributed by atoms with Crippen LogP contribution in [0.1, 0.15) is 65.4 Å². The molecule has 0 bridgehead atoms. The van der Waals surface area contributed by atoms with Crippen LogP contribution in [0.15, 0.2) is 10.5 Å². The monoisotopic (exact) mass is 388 g/mol. The smallest absolute Gasteiger partial charge is 0.302 e. The minimum Gasteiger partial charge on any atom is -0.462 e. The van der Waals surface area contributed by atoms with Crippen LogP contribution < -0.4 is 10.8 Å². The second kappa shape index (κ2) is 5.96. The Morgan fingerprint density at radius 3 is 2.68 bits per heavy atom.